The summed E-state index contributed by atoms with van der Waals surface area (Å²) < 4.78 is 16.8. The lowest BCUT2D eigenvalue weighted by atomic mass is 10.1. The number of nitrogens with zero attached hydrogens (tertiary/aromatic N) is 5. The molecule has 0 amide bonds. The molecular formula is C23H27N7O3. The van der Waals surface area contributed by atoms with E-state index in [0.29, 0.717) is 42.2 Å². The fourth-order valence-corrected chi connectivity index (χ4v) is 3.81. The van der Waals surface area contributed by atoms with Crippen molar-refractivity contribution in [1.29, 1.82) is 0 Å². The Morgan fingerprint density at radius 3 is 2.48 bits per heavy atom. The summed E-state index contributed by atoms with van der Waals surface area (Å²) in [4.78, 5) is 19.9. The van der Waals surface area contributed by atoms with Crippen molar-refractivity contribution in [2.24, 2.45) is 0 Å². The lowest BCUT2D eigenvalue weighted by Crippen LogP contribution is -2.37. The van der Waals surface area contributed by atoms with Gasteiger partial charge in [-0.1, -0.05) is 0 Å². The lowest BCUT2D eigenvalue weighted by Gasteiger charge is -2.26. The molecule has 0 atom stereocenters. The highest BCUT2D eigenvalue weighted by atomic mass is 16.5. The van der Waals surface area contributed by atoms with E-state index in [1.165, 1.54) is 0 Å². The first-order valence-electron chi connectivity index (χ1n) is 11.1. The number of benzene rings is 1. The molecule has 0 saturated carbocycles. The molecule has 33 heavy (non-hydrogen) atoms. The van der Waals surface area contributed by atoms with Crippen LogP contribution in [0.3, 0.4) is 0 Å². The standard InChI is InChI=1S/C23H27N7O3/c24-19-13-16(1-2-21(19)33-18-4-9-31-10-5-18)20-3-6-25-22(29-20)28-17-14-26-23(27-15-17)30-7-11-32-12-8-30/h1-3,6,13-15,18H,4-5,7-12,24H2,(H,25,28,29). The quantitative estimate of drug-likeness (QED) is 0.543. The molecule has 172 valence electrons. The van der Waals surface area contributed by atoms with E-state index in [9.17, 15) is 0 Å². The van der Waals surface area contributed by atoms with Crippen molar-refractivity contribution in [2.75, 3.05) is 55.5 Å². The van der Waals surface area contributed by atoms with E-state index in [4.69, 9.17) is 19.9 Å². The maximum atomic E-state index is 6.27. The largest absolute Gasteiger partial charge is 0.488 e. The number of rotatable bonds is 6. The van der Waals surface area contributed by atoms with Gasteiger partial charge in [-0.3, -0.25) is 0 Å². The number of anilines is 4. The van der Waals surface area contributed by atoms with Crippen LogP contribution < -0.4 is 20.7 Å². The topological polar surface area (TPSA) is 121 Å². The number of nitrogen functional groups attached to an aromatic ring is 1. The van der Waals surface area contributed by atoms with Gasteiger partial charge in [0.2, 0.25) is 11.9 Å². The van der Waals surface area contributed by atoms with E-state index in [-0.39, 0.29) is 6.10 Å². The van der Waals surface area contributed by atoms with Crippen LogP contribution in [-0.4, -0.2) is 65.6 Å². The molecule has 3 aromatic rings. The molecular weight excluding hydrogens is 422 g/mol. The van der Waals surface area contributed by atoms with Crippen molar-refractivity contribution < 1.29 is 14.2 Å². The monoisotopic (exact) mass is 449 g/mol. The molecule has 2 aromatic heterocycles. The minimum atomic E-state index is 0.138. The zero-order valence-corrected chi connectivity index (χ0v) is 18.3. The van der Waals surface area contributed by atoms with Crippen LogP contribution in [0.5, 0.6) is 5.75 Å². The summed E-state index contributed by atoms with van der Waals surface area (Å²) in [6.07, 6.45) is 7.05. The van der Waals surface area contributed by atoms with Crippen LogP contribution >= 0.6 is 0 Å². The van der Waals surface area contributed by atoms with Gasteiger partial charge < -0.3 is 30.2 Å². The number of nitrogens with two attached hydrogens (primary N) is 1. The molecule has 5 rings (SSSR count). The van der Waals surface area contributed by atoms with Crippen LogP contribution in [0, 0.1) is 0 Å². The molecule has 0 bridgehead atoms. The molecule has 2 saturated heterocycles. The maximum absolute atomic E-state index is 6.27. The van der Waals surface area contributed by atoms with E-state index in [0.717, 1.165) is 50.4 Å². The minimum Gasteiger partial charge on any atom is -0.488 e. The van der Waals surface area contributed by atoms with Crippen molar-refractivity contribution in [1.82, 2.24) is 19.9 Å². The highest BCUT2D eigenvalue weighted by molar-refractivity contribution is 5.69. The van der Waals surface area contributed by atoms with Crippen LogP contribution in [0.1, 0.15) is 12.8 Å². The van der Waals surface area contributed by atoms with Crippen molar-refractivity contribution >= 4 is 23.3 Å². The molecule has 1 aromatic carbocycles. The van der Waals surface area contributed by atoms with Gasteiger partial charge in [-0.25, -0.2) is 19.9 Å². The van der Waals surface area contributed by atoms with Gasteiger partial charge >= 0.3 is 0 Å². The van der Waals surface area contributed by atoms with E-state index in [2.05, 4.69) is 30.2 Å². The Kier molecular flexibility index (Phi) is 6.45. The van der Waals surface area contributed by atoms with Gasteiger partial charge in [0, 0.05) is 37.7 Å². The average Bonchev–Trinajstić information content (AvgIpc) is 2.87. The summed E-state index contributed by atoms with van der Waals surface area (Å²) in [5.41, 5.74) is 9.20. The van der Waals surface area contributed by atoms with Crippen molar-refractivity contribution in [3.05, 3.63) is 42.9 Å². The van der Waals surface area contributed by atoms with E-state index < -0.39 is 0 Å². The number of aromatic nitrogens is 4. The van der Waals surface area contributed by atoms with E-state index >= 15 is 0 Å². The molecule has 4 heterocycles. The van der Waals surface area contributed by atoms with E-state index in [1.54, 1.807) is 18.6 Å². The Morgan fingerprint density at radius 1 is 0.970 bits per heavy atom. The molecule has 10 heteroatoms. The van der Waals surface area contributed by atoms with Gasteiger partial charge in [-0.05, 0) is 24.3 Å². The molecule has 0 unspecified atom stereocenters. The summed E-state index contributed by atoms with van der Waals surface area (Å²) in [6, 6.07) is 7.57. The van der Waals surface area contributed by atoms with Crippen LogP contribution in [0.4, 0.5) is 23.3 Å². The Bertz CT molecular complexity index is 1070. The molecule has 0 spiro atoms. The summed E-state index contributed by atoms with van der Waals surface area (Å²) >= 11 is 0. The van der Waals surface area contributed by atoms with E-state index in [1.807, 2.05) is 24.3 Å². The number of nitrogens with one attached hydrogen (secondary N) is 1. The number of hydrogen-bond acceptors (Lipinski definition) is 10. The molecule has 10 nitrogen and oxygen atoms in total. The fraction of sp³-hybridized carbons (Fsp3) is 0.391. The fourth-order valence-electron chi connectivity index (χ4n) is 3.81. The minimum absolute atomic E-state index is 0.138. The second kappa shape index (κ2) is 9.97. The number of hydrogen-bond donors (Lipinski definition) is 2. The second-order valence-electron chi connectivity index (χ2n) is 7.94. The third-order valence-corrected chi connectivity index (χ3v) is 5.61. The Balaban J connectivity index is 1.26. The lowest BCUT2D eigenvalue weighted by molar-refractivity contribution is 0.0259. The summed E-state index contributed by atoms with van der Waals surface area (Å²) in [6.45, 7) is 4.41. The molecule has 0 radical (unpaired) electrons. The summed E-state index contributed by atoms with van der Waals surface area (Å²) in [5.74, 6) is 1.84. The highest BCUT2D eigenvalue weighted by Crippen LogP contribution is 2.30. The highest BCUT2D eigenvalue weighted by Gasteiger charge is 2.17. The zero-order chi connectivity index (χ0) is 22.5. The van der Waals surface area contributed by atoms with Gasteiger partial charge in [0.15, 0.2) is 0 Å². The second-order valence-corrected chi connectivity index (χ2v) is 7.94. The predicted octanol–water partition coefficient (Wildman–Crippen LogP) is 2.65. The van der Waals surface area contributed by atoms with Crippen LogP contribution in [-0.2, 0) is 9.47 Å². The van der Waals surface area contributed by atoms with Gasteiger partial charge in [0.1, 0.15) is 11.9 Å². The zero-order valence-electron chi connectivity index (χ0n) is 18.3. The van der Waals surface area contributed by atoms with Gasteiger partial charge in [-0.15, -0.1) is 0 Å². The Labute approximate surface area is 192 Å². The summed E-state index contributed by atoms with van der Waals surface area (Å²) in [5, 5.41) is 3.17. The van der Waals surface area contributed by atoms with Gasteiger partial charge in [0.05, 0.1) is 55.9 Å². The first-order valence-corrected chi connectivity index (χ1v) is 11.1. The smallest absolute Gasteiger partial charge is 0.227 e. The molecule has 0 aliphatic carbocycles. The van der Waals surface area contributed by atoms with Crippen molar-refractivity contribution in [3.63, 3.8) is 0 Å². The molecule has 2 aliphatic heterocycles. The SMILES string of the molecule is Nc1cc(-c2ccnc(Nc3cnc(N4CCOCC4)nc3)n2)ccc1OC1CCOCC1. The number of morpholine rings is 1. The first-order chi connectivity index (χ1) is 16.2. The first kappa shape index (κ1) is 21.4. The van der Waals surface area contributed by atoms with Gasteiger partial charge in [0.25, 0.3) is 0 Å². The van der Waals surface area contributed by atoms with Crippen LogP contribution in [0.25, 0.3) is 11.3 Å². The van der Waals surface area contributed by atoms with Crippen molar-refractivity contribution in [2.45, 2.75) is 18.9 Å². The van der Waals surface area contributed by atoms with Crippen LogP contribution in [0.15, 0.2) is 42.9 Å². The number of ether oxygens (including phenoxy) is 3. The van der Waals surface area contributed by atoms with Crippen LogP contribution in [0.2, 0.25) is 0 Å². The average molecular weight is 450 g/mol. The molecule has 2 aliphatic rings. The third-order valence-electron chi connectivity index (χ3n) is 5.61. The van der Waals surface area contributed by atoms with Crippen molar-refractivity contribution in [3.8, 4) is 17.0 Å². The normalized spacial score (nSPS) is 17.0. The molecule has 2 fully saturated rings. The Hall–Kier alpha value is -3.50. The summed E-state index contributed by atoms with van der Waals surface area (Å²) in [7, 11) is 0. The molecule has 3 N–H and O–H groups in total. The predicted molar refractivity (Wildman–Crippen MR) is 125 cm³/mol. The maximum Gasteiger partial charge on any atom is 0.227 e. The third kappa shape index (κ3) is 5.29. The van der Waals surface area contributed by atoms with Gasteiger partial charge in [-0.2, -0.15) is 0 Å². The Morgan fingerprint density at radius 2 is 1.73 bits per heavy atom.